The molecule has 244 valence electrons. The summed E-state index contributed by atoms with van der Waals surface area (Å²) in [6.07, 6.45) is 1.71. The molecular weight excluding hydrogens is 607 g/mol. The maximum atomic E-state index is 12.3. The second-order valence-corrected chi connectivity index (χ2v) is 18.9. The number of phenols is 1. The molecule has 0 radical (unpaired) electrons. The molecule has 5 heteroatoms. The number of nitrogens with zero attached hydrogens (tertiary/aromatic N) is 1. The van der Waals surface area contributed by atoms with Crippen molar-refractivity contribution in [1.29, 1.82) is 0 Å². The van der Waals surface area contributed by atoms with Crippen molar-refractivity contribution >= 4 is 46.5 Å². The molecule has 6 aromatic carbocycles. The van der Waals surface area contributed by atoms with Gasteiger partial charge in [-0.3, -0.25) is 4.99 Å². The molecule has 0 aliphatic rings. The van der Waals surface area contributed by atoms with Crippen LogP contribution < -0.4 is 14.8 Å². The van der Waals surface area contributed by atoms with Crippen LogP contribution >= 0.6 is 0 Å². The third-order valence-corrected chi connectivity index (χ3v) is 14.4. The quantitative estimate of drug-likeness (QED) is 0.127. The van der Waals surface area contributed by atoms with Crippen molar-refractivity contribution in [1.82, 2.24) is 0 Å². The van der Waals surface area contributed by atoms with E-state index in [4.69, 9.17) is 9.42 Å². The normalized spacial score (nSPS) is 13.3. The Balaban J connectivity index is 1.69. The standard InChI is InChI=1S/C43H45NO3Si/c1-42(2,3)38(29-45)44-28-32-27-31-18-14-16-24-36(31)40(41(32)46)39-35-23-15-13-17-30(35)25-26-37(39)47-48(43(4,5)6,33-19-9-7-10-20-33)34-21-11-8-12-22-34/h7-28,38,45-46H,29H2,1-6H3/t38-/m1/s1. The maximum absolute atomic E-state index is 12.3. The fourth-order valence-electron chi connectivity index (χ4n) is 6.83. The summed E-state index contributed by atoms with van der Waals surface area (Å²) in [6, 6.07) is 43.5. The van der Waals surface area contributed by atoms with Gasteiger partial charge in [0.2, 0.25) is 0 Å². The molecule has 6 aromatic rings. The lowest BCUT2D eigenvalue weighted by Crippen LogP contribution is -2.68. The van der Waals surface area contributed by atoms with E-state index in [2.05, 4.69) is 139 Å². The fourth-order valence-corrected chi connectivity index (χ4v) is 11.3. The van der Waals surface area contributed by atoms with Crippen molar-refractivity contribution in [3.8, 4) is 22.6 Å². The van der Waals surface area contributed by atoms with Gasteiger partial charge in [0.05, 0.1) is 12.6 Å². The Kier molecular flexibility index (Phi) is 9.03. The average Bonchev–Trinajstić information content (AvgIpc) is 3.07. The highest BCUT2D eigenvalue weighted by Gasteiger charge is 2.52. The monoisotopic (exact) mass is 651 g/mol. The average molecular weight is 652 g/mol. The van der Waals surface area contributed by atoms with E-state index >= 15 is 0 Å². The first-order valence-electron chi connectivity index (χ1n) is 16.7. The number of rotatable bonds is 8. The number of aliphatic hydroxyl groups excluding tert-OH is 1. The zero-order valence-corrected chi connectivity index (χ0v) is 29.7. The van der Waals surface area contributed by atoms with Crippen molar-refractivity contribution < 1.29 is 14.6 Å². The molecule has 0 aromatic heterocycles. The van der Waals surface area contributed by atoms with Crippen LogP contribution in [0.2, 0.25) is 5.04 Å². The first-order chi connectivity index (χ1) is 23.0. The summed E-state index contributed by atoms with van der Waals surface area (Å²) in [5.41, 5.74) is 1.90. The predicted octanol–water partition coefficient (Wildman–Crippen LogP) is 9.13. The molecule has 2 N–H and O–H groups in total. The van der Waals surface area contributed by atoms with Crippen molar-refractivity contribution in [2.24, 2.45) is 10.4 Å². The summed E-state index contributed by atoms with van der Waals surface area (Å²) in [7, 11) is -3.03. The van der Waals surface area contributed by atoms with E-state index < -0.39 is 8.32 Å². The third-order valence-electron chi connectivity index (χ3n) is 9.44. The van der Waals surface area contributed by atoms with Crippen molar-refractivity contribution in [2.45, 2.75) is 52.6 Å². The molecule has 0 amide bonds. The Bertz CT molecular complexity index is 2040. The molecule has 0 fully saturated rings. The SMILES string of the molecule is CC(C)(C)[C@@H](CO)N=Cc1cc2ccccc2c(-c2c(O[Si](c3ccccc3)(c3ccccc3)C(C)(C)C)ccc3ccccc23)c1O. The van der Waals surface area contributed by atoms with E-state index in [1.165, 1.54) is 10.4 Å². The van der Waals surface area contributed by atoms with Gasteiger partial charge in [-0.2, -0.15) is 0 Å². The topological polar surface area (TPSA) is 62.1 Å². The van der Waals surface area contributed by atoms with Crippen LogP contribution in [0.4, 0.5) is 0 Å². The molecule has 0 heterocycles. The molecule has 4 nitrogen and oxygen atoms in total. The highest BCUT2D eigenvalue weighted by molar-refractivity contribution is 7.00. The number of benzene rings is 6. The molecule has 6 rings (SSSR count). The van der Waals surface area contributed by atoms with Crippen LogP contribution in [0, 0.1) is 5.41 Å². The van der Waals surface area contributed by atoms with Crippen LogP contribution in [-0.2, 0) is 0 Å². The van der Waals surface area contributed by atoms with Crippen LogP contribution in [0.25, 0.3) is 32.7 Å². The minimum atomic E-state index is -3.03. The number of aromatic hydroxyl groups is 1. The number of hydrogen-bond donors (Lipinski definition) is 2. The van der Waals surface area contributed by atoms with E-state index in [0.29, 0.717) is 11.1 Å². The molecule has 0 bridgehead atoms. The Morgan fingerprint density at radius 1 is 0.667 bits per heavy atom. The van der Waals surface area contributed by atoms with Crippen molar-refractivity contribution in [3.05, 3.63) is 133 Å². The van der Waals surface area contributed by atoms with E-state index in [-0.39, 0.29) is 28.9 Å². The molecule has 0 aliphatic heterocycles. The first kappa shape index (κ1) is 33.2. The van der Waals surface area contributed by atoms with Gasteiger partial charge in [0.15, 0.2) is 0 Å². The number of phenolic OH excluding ortho intramolecular Hbond substituents is 1. The van der Waals surface area contributed by atoms with Gasteiger partial charge in [-0.25, -0.2) is 0 Å². The zero-order chi connectivity index (χ0) is 34.1. The van der Waals surface area contributed by atoms with Gasteiger partial charge in [-0.1, -0.05) is 157 Å². The number of hydrogen-bond acceptors (Lipinski definition) is 4. The van der Waals surface area contributed by atoms with Crippen LogP contribution in [0.1, 0.15) is 47.1 Å². The third kappa shape index (κ3) is 6.04. The minimum Gasteiger partial charge on any atom is -0.534 e. The van der Waals surface area contributed by atoms with E-state index in [0.717, 1.165) is 32.9 Å². The molecule has 48 heavy (non-hydrogen) atoms. The van der Waals surface area contributed by atoms with E-state index in [1.54, 1.807) is 6.21 Å². The number of fused-ring (bicyclic) bond motifs is 2. The molecule has 0 saturated heterocycles. The Morgan fingerprint density at radius 2 is 1.19 bits per heavy atom. The number of aliphatic imine (C=N–C) groups is 1. The lowest BCUT2D eigenvalue weighted by molar-refractivity contribution is 0.191. The molecule has 0 unspecified atom stereocenters. The molecule has 1 atom stereocenters. The lowest BCUT2D eigenvalue weighted by atomic mass is 9.87. The molecule has 0 spiro atoms. The van der Waals surface area contributed by atoms with Gasteiger partial charge in [0, 0.05) is 22.9 Å². The predicted molar refractivity (Wildman–Crippen MR) is 205 cm³/mol. The van der Waals surface area contributed by atoms with E-state index in [9.17, 15) is 10.2 Å². The van der Waals surface area contributed by atoms with Gasteiger partial charge in [0.1, 0.15) is 11.5 Å². The van der Waals surface area contributed by atoms with Crippen molar-refractivity contribution in [3.63, 3.8) is 0 Å². The van der Waals surface area contributed by atoms with Gasteiger partial charge in [-0.05, 0) is 54.5 Å². The summed E-state index contributed by atoms with van der Waals surface area (Å²) < 4.78 is 7.70. The smallest absolute Gasteiger partial charge is 0.319 e. The molecular formula is C43H45NO3Si. The maximum Gasteiger partial charge on any atom is 0.319 e. The molecule has 0 aliphatic carbocycles. The Hall–Kier alpha value is -4.71. The summed E-state index contributed by atoms with van der Waals surface area (Å²) >= 11 is 0. The fraction of sp³-hybridized carbons (Fsp3) is 0.233. The minimum absolute atomic E-state index is 0.0823. The first-order valence-corrected chi connectivity index (χ1v) is 18.6. The highest BCUT2D eigenvalue weighted by Crippen LogP contribution is 2.48. The van der Waals surface area contributed by atoms with E-state index in [1.807, 2.05) is 30.3 Å². The second-order valence-electron chi connectivity index (χ2n) is 14.7. The summed E-state index contributed by atoms with van der Waals surface area (Å²) in [5, 5.41) is 28.5. The zero-order valence-electron chi connectivity index (χ0n) is 28.7. The van der Waals surface area contributed by atoms with Crippen molar-refractivity contribution in [2.75, 3.05) is 6.61 Å². The van der Waals surface area contributed by atoms with Gasteiger partial charge in [-0.15, -0.1) is 0 Å². The summed E-state index contributed by atoms with van der Waals surface area (Å²) in [5.74, 6) is 0.854. The summed E-state index contributed by atoms with van der Waals surface area (Å²) in [4.78, 5) is 4.78. The Morgan fingerprint density at radius 3 is 1.73 bits per heavy atom. The summed E-state index contributed by atoms with van der Waals surface area (Å²) in [6.45, 7) is 12.9. The van der Waals surface area contributed by atoms with Crippen LogP contribution in [0.5, 0.6) is 11.5 Å². The van der Waals surface area contributed by atoms with Crippen LogP contribution in [-0.4, -0.2) is 37.4 Å². The largest absolute Gasteiger partial charge is 0.534 e. The van der Waals surface area contributed by atoms with Gasteiger partial charge < -0.3 is 14.6 Å². The van der Waals surface area contributed by atoms with Gasteiger partial charge >= 0.3 is 8.32 Å². The highest BCUT2D eigenvalue weighted by atomic mass is 28.4. The lowest BCUT2D eigenvalue weighted by Gasteiger charge is -2.43. The Labute approximate surface area is 285 Å². The van der Waals surface area contributed by atoms with Crippen LogP contribution in [0.15, 0.2) is 132 Å². The number of aliphatic hydroxyl groups is 1. The second kappa shape index (κ2) is 13.1. The molecule has 0 saturated carbocycles. The van der Waals surface area contributed by atoms with Gasteiger partial charge in [0.25, 0.3) is 0 Å². The van der Waals surface area contributed by atoms with Crippen LogP contribution in [0.3, 0.4) is 0 Å².